The molecule has 1 fully saturated rings. The Labute approximate surface area is 226 Å². The van der Waals surface area contributed by atoms with Crippen LogP contribution in [0.1, 0.15) is 16.8 Å². The summed E-state index contributed by atoms with van der Waals surface area (Å²) in [5, 5.41) is 4.33. The van der Waals surface area contributed by atoms with E-state index in [0.717, 1.165) is 11.1 Å². The maximum Gasteiger partial charge on any atom is 0.269 e. The van der Waals surface area contributed by atoms with Gasteiger partial charge in [0.15, 0.2) is 0 Å². The van der Waals surface area contributed by atoms with E-state index in [1.165, 1.54) is 48.4 Å². The van der Waals surface area contributed by atoms with Crippen LogP contribution in [0, 0.1) is 5.82 Å². The minimum Gasteiger partial charge on any atom is -0.497 e. The number of hydrazine groups is 1. The van der Waals surface area contributed by atoms with Gasteiger partial charge in [0.1, 0.15) is 17.6 Å². The average molecular weight is 561 g/mol. The highest BCUT2D eigenvalue weighted by Gasteiger charge is 2.45. The predicted octanol–water partition coefficient (Wildman–Crippen LogP) is 4.82. The molecule has 12 heteroatoms. The number of thiocarbonyl (C=S) groups is 1. The number of nitrogens with zero attached hydrogens (tertiary/aromatic N) is 2. The predicted molar refractivity (Wildman–Crippen MR) is 142 cm³/mol. The van der Waals surface area contributed by atoms with Gasteiger partial charge >= 0.3 is 0 Å². The summed E-state index contributed by atoms with van der Waals surface area (Å²) in [5.74, 6) is -1.86. The van der Waals surface area contributed by atoms with Crippen LogP contribution in [0.4, 0.5) is 15.8 Å². The molecule has 2 N–H and O–H groups in total. The van der Waals surface area contributed by atoms with Crippen molar-refractivity contribution >= 4 is 69.6 Å². The van der Waals surface area contributed by atoms with Crippen molar-refractivity contribution in [3.8, 4) is 5.75 Å². The van der Waals surface area contributed by atoms with E-state index < -0.39 is 29.6 Å². The third-order valence-corrected chi connectivity index (χ3v) is 6.19. The third kappa shape index (κ3) is 5.99. The van der Waals surface area contributed by atoms with Crippen LogP contribution in [0.5, 0.6) is 5.75 Å². The van der Waals surface area contributed by atoms with Crippen molar-refractivity contribution < 1.29 is 23.5 Å². The lowest BCUT2D eigenvalue weighted by atomic mass is 10.1. The summed E-state index contributed by atoms with van der Waals surface area (Å²) in [6, 6.07) is 14.9. The minimum atomic E-state index is -1.19. The van der Waals surface area contributed by atoms with Gasteiger partial charge in [-0.3, -0.25) is 24.7 Å². The van der Waals surface area contributed by atoms with E-state index in [0.29, 0.717) is 27.2 Å². The lowest BCUT2D eigenvalue weighted by Gasteiger charge is -2.24. The summed E-state index contributed by atoms with van der Waals surface area (Å²) in [6.45, 7) is 0. The molecule has 8 nitrogen and oxygen atoms in total. The first-order valence-corrected chi connectivity index (χ1v) is 12.0. The van der Waals surface area contributed by atoms with Gasteiger partial charge in [-0.15, -0.1) is 0 Å². The van der Waals surface area contributed by atoms with Gasteiger partial charge in [0.05, 0.1) is 19.2 Å². The lowest BCUT2D eigenvalue weighted by Crippen LogP contribution is -2.49. The molecule has 1 heterocycles. The number of benzene rings is 3. The second-order valence-electron chi connectivity index (χ2n) is 7.90. The van der Waals surface area contributed by atoms with E-state index >= 15 is 0 Å². The third-order valence-electron chi connectivity index (χ3n) is 5.38. The number of carbonyl (C=O) groups excluding carboxylic acids is 3. The second kappa shape index (κ2) is 11.1. The summed E-state index contributed by atoms with van der Waals surface area (Å²) < 4.78 is 18.8. The molecule has 0 saturated carbocycles. The topological polar surface area (TPSA) is 91.0 Å². The zero-order chi connectivity index (χ0) is 26.7. The molecule has 0 spiro atoms. The molecule has 3 aromatic rings. The molecule has 3 amide bonds. The van der Waals surface area contributed by atoms with Crippen molar-refractivity contribution in [2.24, 2.45) is 0 Å². The minimum absolute atomic E-state index is 0.00918. The number of methoxy groups -OCH3 is 1. The fraction of sp³-hybridized carbons (Fsp3) is 0.120. The number of ether oxygens (including phenoxy) is 1. The zero-order valence-electron chi connectivity index (χ0n) is 19.2. The number of nitrogens with one attached hydrogen (secondary N) is 2. The Morgan fingerprint density at radius 2 is 1.73 bits per heavy atom. The smallest absolute Gasteiger partial charge is 0.269 e. The number of carbonyl (C=O) groups is 3. The largest absolute Gasteiger partial charge is 0.497 e. The van der Waals surface area contributed by atoms with E-state index in [1.807, 2.05) is 0 Å². The molecule has 37 heavy (non-hydrogen) atoms. The van der Waals surface area contributed by atoms with E-state index in [1.54, 1.807) is 24.3 Å². The number of amides is 3. The first kappa shape index (κ1) is 26.3. The fourth-order valence-electron chi connectivity index (χ4n) is 3.69. The Bertz CT molecular complexity index is 1370. The standard InChI is InChI=1S/C25H19Cl2FN4O4S/c1-36-20-7-5-19(6-8-20)31-24(35)21(13-22(33)29-18-11-15(26)10-16(27)12-18)32(25(31)37)30-23(34)14-3-2-4-17(28)9-14/h2-12,21H,13H2,1H3,(H,29,33)(H,30,34). The van der Waals surface area contributed by atoms with Crippen LogP contribution >= 0.6 is 35.4 Å². The summed E-state index contributed by atoms with van der Waals surface area (Å²) >= 11 is 17.5. The summed E-state index contributed by atoms with van der Waals surface area (Å²) in [4.78, 5) is 40.5. The number of anilines is 2. The van der Waals surface area contributed by atoms with Gasteiger partial charge in [0.25, 0.3) is 11.8 Å². The molecular weight excluding hydrogens is 542 g/mol. The van der Waals surface area contributed by atoms with Gasteiger partial charge in [-0.1, -0.05) is 29.3 Å². The Morgan fingerprint density at radius 3 is 2.35 bits per heavy atom. The number of halogens is 3. The Hall–Kier alpha value is -3.73. The van der Waals surface area contributed by atoms with Gasteiger partial charge in [0, 0.05) is 21.3 Å². The number of hydrogen-bond acceptors (Lipinski definition) is 5. The van der Waals surface area contributed by atoms with E-state index in [-0.39, 0.29) is 17.1 Å². The van der Waals surface area contributed by atoms with Crippen molar-refractivity contribution in [3.63, 3.8) is 0 Å². The number of hydrogen-bond donors (Lipinski definition) is 2. The second-order valence-corrected chi connectivity index (χ2v) is 9.14. The molecule has 190 valence electrons. The normalized spacial score (nSPS) is 15.1. The molecule has 3 aromatic carbocycles. The molecule has 0 aromatic heterocycles. The van der Waals surface area contributed by atoms with E-state index in [4.69, 9.17) is 40.2 Å². The van der Waals surface area contributed by atoms with E-state index in [9.17, 15) is 18.8 Å². The van der Waals surface area contributed by atoms with Gasteiger partial charge in [-0.05, 0) is 72.9 Å². The highest BCUT2D eigenvalue weighted by atomic mass is 35.5. The molecule has 1 atom stereocenters. The highest BCUT2D eigenvalue weighted by Crippen LogP contribution is 2.29. The molecule has 1 aliphatic heterocycles. The zero-order valence-corrected chi connectivity index (χ0v) is 21.5. The van der Waals surface area contributed by atoms with Crippen molar-refractivity contribution in [2.75, 3.05) is 17.3 Å². The van der Waals surface area contributed by atoms with Crippen LogP contribution in [-0.4, -0.2) is 41.0 Å². The Morgan fingerprint density at radius 1 is 1.05 bits per heavy atom. The maximum atomic E-state index is 13.7. The van der Waals surface area contributed by atoms with Crippen LogP contribution < -0.4 is 20.4 Å². The van der Waals surface area contributed by atoms with Gasteiger partial charge in [0.2, 0.25) is 11.0 Å². The van der Waals surface area contributed by atoms with Crippen LogP contribution in [0.25, 0.3) is 0 Å². The fourth-order valence-corrected chi connectivity index (χ4v) is 4.58. The molecule has 1 aliphatic rings. The number of rotatable bonds is 7. The molecule has 1 saturated heterocycles. The van der Waals surface area contributed by atoms with E-state index in [2.05, 4.69) is 10.7 Å². The summed E-state index contributed by atoms with van der Waals surface area (Å²) in [7, 11) is 1.51. The van der Waals surface area contributed by atoms with Crippen LogP contribution in [0.2, 0.25) is 10.0 Å². The monoisotopic (exact) mass is 560 g/mol. The van der Waals surface area contributed by atoms with Crippen LogP contribution in [0.3, 0.4) is 0 Å². The van der Waals surface area contributed by atoms with Gasteiger partial charge < -0.3 is 10.1 Å². The van der Waals surface area contributed by atoms with Crippen LogP contribution in [0.15, 0.2) is 66.7 Å². The molecule has 0 aliphatic carbocycles. The maximum absolute atomic E-state index is 13.7. The Kier molecular flexibility index (Phi) is 7.91. The van der Waals surface area contributed by atoms with Gasteiger partial charge in [-0.2, -0.15) is 0 Å². The summed E-state index contributed by atoms with van der Waals surface area (Å²) in [5.41, 5.74) is 3.29. The molecule has 4 rings (SSSR count). The van der Waals surface area contributed by atoms with Crippen molar-refractivity contribution in [1.82, 2.24) is 10.4 Å². The summed E-state index contributed by atoms with van der Waals surface area (Å²) in [6.07, 6.45) is -0.376. The lowest BCUT2D eigenvalue weighted by molar-refractivity contribution is -0.124. The quantitative estimate of drug-likeness (QED) is 0.403. The molecule has 0 radical (unpaired) electrons. The molecule has 0 bridgehead atoms. The van der Waals surface area contributed by atoms with Crippen molar-refractivity contribution in [1.29, 1.82) is 0 Å². The highest BCUT2D eigenvalue weighted by molar-refractivity contribution is 7.80. The van der Waals surface area contributed by atoms with Crippen molar-refractivity contribution in [2.45, 2.75) is 12.5 Å². The van der Waals surface area contributed by atoms with Gasteiger partial charge in [-0.25, -0.2) is 9.40 Å². The molecule has 1 unspecified atom stereocenters. The SMILES string of the molecule is COc1ccc(N2C(=O)C(CC(=O)Nc3cc(Cl)cc(Cl)c3)N(NC(=O)c3cccc(F)c3)C2=S)cc1. The molecular formula is C25H19Cl2FN4O4S. The first-order valence-electron chi connectivity index (χ1n) is 10.8. The Balaban J connectivity index is 1.61. The van der Waals surface area contributed by atoms with Crippen LogP contribution in [-0.2, 0) is 9.59 Å². The van der Waals surface area contributed by atoms with Crippen molar-refractivity contribution in [3.05, 3.63) is 88.2 Å². The first-order chi connectivity index (χ1) is 17.7. The average Bonchev–Trinajstić information content (AvgIpc) is 3.07.